The first-order valence-electron chi connectivity index (χ1n) is 13.0. The van der Waals surface area contributed by atoms with E-state index in [0.717, 1.165) is 11.8 Å². The van der Waals surface area contributed by atoms with Crippen molar-refractivity contribution in [3.8, 4) is 28.4 Å². The predicted octanol–water partition coefficient (Wildman–Crippen LogP) is 5.34. The molecule has 0 aliphatic carbocycles. The number of nitrogens with one attached hydrogen (secondary N) is 3. The lowest BCUT2D eigenvalue weighted by Crippen LogP contribution is -2.25. The van der Waals surface area contributed by atoms with Gasteiger partial charge in [-0.3, -0.25) is 13.9 Å². The molecule has 0 bridgehead atoms. The Morgan fingerprint density at radius 3 is 2.14 bits per heavy atom. The van der Waals surface area contributed by atoms with Crippen LogP contribution in [-0.2, 0) is 10.0 Å². The van der Waals surface area contributed by atoms with Crippen LogP contribution >= 0.6 is 0 Å². The summed E-state index contributed by atoms with van der Waals surface area (Å²) in [6.07, 6.45) is 1.14. The fraction of sp³-hybridized carbons (Fsp3) is 0.161. The molecule has 4 aromatic rings. The molecule has 0 unspecified atom stereocenters. The Balaban J connectivity index is 1.44. The van der Waals surface area contributed by atoms with Gasteiger partial charge in [0.15, 0.2) is 11.5 Å². The largest absolute Gasteiger partial charge is 0.493 e. The maximum Gasteiger partial charge on any atom is 0.257 e. The van der Waals surface area contributed by atoms with Gasteiger partial charge in [0.05, 0.1) is 55.9 Å². The summed E-state index contributed by atoms with van der Waals surface area (Å²) in [6.45, 7) is 0. The third-order valence-corrected chi connectivity index (χ3v) is 8.23. The first-order valence-corrected chi connectivity index (χ1v) is 14.9. The lowest BCUT2D eigenvalue weighted by Gasteiger charge is -2.21. The second kappa shape index (κ2) is 11.6. The van der Waals surface area contributed by atoms with Crippen molar-refractivity contribution in [1.82, 2.24) is 0 Å². The van der Waals surface area contributed by atoms with Crippen molar-refractivity contribution in [1.29, 1.82) is 0 Å². The summed E-state index contributed by atoms with van der Waals surface area (Å²) in [7, 11) is 2.42. The van der Waals surface area contributed by atoms with Gasteiger partial charge in [0.2, 0.25) is 15.8 Å². The van der Waals surface area contributed by atoms with Crippen molar-refractivity contribution < 1.29 is 32.2 Å². The van der Waals surface area contributed by atoms with Gasteiger partial charge in [-0.25, -0.2) is 8.42 Å². The summed E-state index contributed by atoms with van der Waals surface area (Å²) in [6, 6.07) is 20.6. The Morgan fingerprint density at radius 2 is 1.49 bits per heavy atom. The van der Waals surface area contributed by atoms with Crippen molar-refractivity contribution in [2.75, 3.05) is 54.9 Å². The number of hydrogen-bond donors (Lipinski definition) is 3. The minimum Gasteiger partial charge on any atom is -0.493 e. The van der Waals surface area contributed by atoms with E-state index in [2.05, 4.69) is 16.0 Å². The standard InChI is InChI=1S/C31H30N4O7S/c1-35(43(5,38)39)26-9-7-6-8-21(26)18-10-12-22-24(14-18)33-23-13-11-20(17-25(23)34-31(22)37)32-30(36)19-15-27(40-2)29(42-4)28(16-19)41-3/h6-17,33H,1-5H3,(H,32,36)(H,34,37). The maximum atomic E-state index is 13.2. The van der Waals surface area contributed by atoms with Gasteiger partial charge >= 0.3 is 0 Å². The number of anilines is 5. The minimum atomic E-state index is -3.49. The van der Waals surface area contributed by atoms with Crippen molar-refractivity contribution in [3.05, 3.63) is 83.9 Å². The number of carbonyl (C=O) groups excluding carboxylic acids is 2. The van der Waals surface area contributed by atoms with Crippen LogP contribution < -0.4 is 34.5 Å². The number of sulfonamides is 1. The highest BCUT2D eigenvalue weighted by molar-refractivity contribution is 7.92. The highest BCUT2D eigenvalue weighted by atomic mass is 32.2. The molecule has 1 aliphatic rings. The molecule has 0 aromatic heterocycles. The molecule has 2 amide bonds. The van der Waals surface area contributed by atoms with Gasteiger partial charge < -0.3 is 30.2 Å². The van der Waals surface area contributed by atoms with Crippen LogP contribution in [0.15, 0.2) is 72.8 Å². The number of nitrogens with zero attached hydrogens (tertiary/aromatic N) is 1. The quantitative estimate of drug-likeness (QED) is 0.246. The van der Waals surface area contributed by atoms with E-state index in [1.54, 1.807) is 60.7 Å². The molecule has 11 nitrogen and oxygen atoms in total. The van der Waals surface area contributed by atoms with Gasteiger partial charge in [0.1, 0.15) is 0 Å². The second-order valence-electron chi connectivity index (χ2n) is 9.72. The van der Waals surface area contributed by atoms with Crippen LogP contribution in [0.4, 0.5) is 28.4 Å². The number of rotatable bonds is 8. The fourth-order valence-electron chi connectivity index (χ4n) is 4.77. The van der Waals surface area contributed by atoms with E-state index in [1.165, 1.54) is 32.7 Å². The molecule has 5 rings (SSSR count). The summed E-state index contributed by atoms with van der Waals surface area (Å²) in [5, 5.41) is 9.04. The molecule has 0 atom stereocenters. The van der Waals surface area contributed by atoms with Crippen LogP contribution in [0.5, 0.6) is 17.2 Å². The van der Waals surface area contributed by atoms with E-state index in [9.17, 15) is 18.0 Å². The Morgan fingerprint density at radius 1 is 0.791 bits per heavy atom. The van der Waals surface area contributed by atoms with E-state index in [-0.39, 0.29) is 11.5 Å². The molecule has 222 valence electrons. The Labute approximate surface area is 249 Å². The number of para-hydroxylation sites is 1. The van der Waals surface area contributed by atoms with E-state index >= 15 is 0 Å². The number of hydrogen-bond acceptors (Lipinski definition) is 8. The molecule has 3 N–H and O–H groups in total. The van der Waals surface area contributed by atoms with Crippen LogP contribution in [0.1, 0.15) is 20.7 Å². The number of carbonyl (C=O) groups is 2. The lowest BCUT2D eigenvalue weighted by molar-refractivity contribution is 0.101. The molecule has 4 aromatic carbocycles. The molecule has 0 spiro atoms. The zero-order valence-electron chi connectivity index (χ0n) is 24.1. The van der Waals surface area contributed by atoms with Gasteiger partial charge in [0.25, 0.3) is 11.8 Å². The number of benzene rings is 4. The van der Waals surface area contributed by atoms with Gasteiger partial charge in [-0.05, 0) is 54.1 Å². The van der Waals surface area contributed by atoms with E-state index in [4.69, 9.17) is 14.2 Å². The zero-order chi connectivity index (χ0) is 30.9. The summed E-state index contributed by atoms with van der Waals surface area (Å²) in [5.74, 6) is 0.287. The number of methoxy groups -OCH3 is 3. The van der Waals surface area contributed by atoms with Gasteiger partial charge in [0, 0.05) is 23.9 Å². The summed E-state index contributed by atoms with van der Waals surface area (Å²) >= 11 is 0. The summed E-state index contributed by atoms with van der Waals surface area (Å²) in [4.78, 5) is 26.3. The number of ether oxygens (including phenoxy) is 3. The molecule has 43 heavy (non-hydrogen) atoms. The molecule has 0 saturated carbocycles. The van der Waals surface area contributed by atoms with Crippen LogP contribution in [-0.4, -0.2) is 54.9 Å². The van der Waals surface area contributed by atoms with Gasteiger partial charge in [-0.2, -0.15) is 0 Å². The molecular formula is C31H30N4O7S. The summed E-state index contributed by atoms with van der Waals surface area (Å²) in [5.41, 5.74) is 4.67. The van der Waals surface area contributed by atoms with Crippen molar-refractivity contribution in [3.63, 3.8) is 0 Å². The van der Waals surface area contributed by atoms with Gasteiger partial charge in [-0.15, -0.1) is 0 Å². The lowest BCUT2D eigenvalue weighted by atomic mass is 10.0. The van der Waals surface area contributed by atoms with E-state index in [1.807, 2.05) is 12.1 Å². The van der Waals surface area contributed by atoms with Crippen molar-refractivity contribution >= 4 is 50.3 Å². The first kappa shape index (κ1) is 29.3. The normalized spacial score (nSPS) is 12.1. The highest BCUT2D eigenvalue weighted by Gasteiger charge is 2.23. The minimum absolute atomic E-state index is 0.285. The maximum absolute atomic E-state index is 13.2. The monoisotopic (exact) mass is 602 g/mol. The highest BCUT2D eigenvalue weighted by Crippen LogP contribution is 2.40. The zero-order valence-corrected chi connectivity index (χ0v) is 25.0. The smallest absolute Gasteiger partial charge is 0.257 e. The Hall–Kier alpha value is -5.23. The Bertz CT molecular complexity index is 1830. The van der Waals surface area contributed by atoms with Crippen molar-refractivity contribution in [2.24, 2.45) is 0 Å². The molecule has 0 fully saturated rings. The first-order chi connectivity index (χ1) is 20.5. The van der Waals surface area contributed by atoms with Crippen LogP contribution in [0.3, 0.4) is 0 Å². The average Bonchev–Trinajstić information content (AvgIpc) is 3.14. The molecule has 0 saturated heterocycles. The van der Waals surface area contributed by atoms with Crippen LogP contribution in [0.2, 0.25) is 0 Å². The van der Waals surface area contributed by atoms with Gasteiger partial charge in [-0.1, -0.05) is 24.3 Å². The van der Waals surface area contributed by atoms with E-state index in [0.29, 0.717) is 56.8 Å². The molecular weight excluding hydrogens is 572 g/mol. The summed E-state index contributed by atoms with van der Waals surface area (Å²) < 4.78 is 41.8. The van der Waals surface area contributed by atoms with Crippen LogP contribution in [0, 0.1) is 0 Å². The Kier molecular flexibility index (Phi) is 7.87. The van der Waals surface area contributed by atoms with Crippen molar-refractivity contribution in [2.45, 2.75) is 0 Å². The third kappa shape index (κ3) is 5.77. The number of fused-ring (bicyclic) bond motifs is 2. The van der Waals surface area contributed by atoms with Crippen LogP contribution in [0.25, 0.3) is 11.1 Å². The van der Waals surface area contributed by atoms with E-state index < -0.39 is 15.9 Å². The number of amides is 2. The SMILES string of the molecule is COc1cc(C(=O)Nc2ccc3c(c2)NC(=O)c2ccc(-c4ccccc4N(C)S(C)(=O)=O)cc2N3)cc(OC)c1OC. The third-order valence-electron chi connectivity index (χ3n) is 7.04. The average molecular weight is 603 g/mol. The molecule has 1 aliphatic heterocycles. The molecule has 12 heteroatoms. The second-order valence-corrected chi connectivity index (χ2v) is 11.7. The predicted molar refractivity (Wildman–Crippen MR) is 167 cm³/mol. The molecule has 1 heterocycles. The fourth-order valence-corrected chi connectivity index (χ4v) is 5.29. The molecule has 0 radical (unpaired) electrons. The topological polar surface area (TPSA) is 135 Å².